The first-order chi connectivity index (χ1) is 20.1. The van der Waals surface area contributed by atoms with Gasteiger partial charge in [0.05, 0.1) is 10.6 Å². The number of anilines is 1. The van der Waals surface area contributed by atoms with Gasteiger partial charge in [0.1, 0.15) is 12.6 Å². The van der Waals surface area contributed by atoms with Crippen molar-refractivity contribution in [2.75, 3.05) is 10.8 Å². The number of amides is 2. The van der Waals surface area contributed by atoms with Crippen molar-refractivity contribution in [3.05, 3.63) is 94.5 Å². The van der Waals surface area contributed by atoms with E-state index in [9.17, 15) is 18.0 Å². The first-order valence-corrected chi connectivity index (χ1v) is 16.4. The Morgan fingerprint density at radius 3 is 2.02 bits per heavy atom. The second-order valence-corrected chi connectivity index (χ2v) is 13.4. The van der Waals surface area contributed by atoms with Crippen LogP contribution in [-0.2, 0) is 26.2 Å². The van der Waals surface area contributed by atoms with Crippen LogP contribution in [0.15, 0.2) is 77.7 Å². The van der Waals surface area contributed by atoms with Crippen molar-refractivity contribution in [2.24, 2.45) is 0 Å². The van der Waals surface area contributed by atoms with Crippen molar-refractivity contribution >= 4 is 39.1 Å². The molecule has 1 aliphatic carbocycles. The second kappa shape index (κ2) is 14.2. The van der Waals surface area contributed by atoms with E-state index in [0.717, 1.165) is 46.7 Å². The Hall–Kier alpha value is -3.36. The Kier molecular flexibility index (Phi) is 10.7. The summed E-state index contributed by atoms with van der Waals surface area (Å²) in [4.78, 5) is 29.4. The molecular formula is C33H40ClN3O4S. The summed E-state index contributed by atoms with van der Waals surface area (Å²) in [5.41, 5.74) is 3.26. The molecule has 0 bridgehead atoms. The Bertz CT molecular complexity index is 1450. The van der Waals surface area contributed by atoms with Crippen LogP contribution in [0.4, 0.5) is 5.69 Å². The fourth-order valence-corrected chi connectivity index (χ4v) is 6.87. The minimum absolute atomic E-state index is 0.0208. The molecule has 7 nitrogen and oxygen atoms in total. The van der Waals surface area contributed by atoms with Crippen LogP contribution < -0.4 is 9.62 Å². The molecule has 1 fully saturated rings. The third-order valence-corrected chi connectivity index (χ3v) is 9.85. The van der Waals surface area contributed by atoms with E-state index < -0.39 is 28.5 Å². The normalized spacial score (nSPS) is 14.7. The molecule has 1 N–H and O–H groups in total. The molecule has 2 amide bonds. The fourth-order valence-electron chi connectivity index (χ4n) is 5.33. The van der Waals surface area contributed by atoms with E-state index in [2.05, 4.69) is 5.32 Å². The highest BCUT2D eigenvalue weighted by molar-refractivity contribution is 7.92. The van der Waals surface area contributed by atoms with Crippen molar-refractivity contribution in [2.45, 2.75) is 82.8 Å². The summed E-state index contributed by atoms with van der Waals surface area (Å²) in [5, 5.41) is 3.58. The highest BCUT2D eigenvalue weighted by Crippen LogP contribution is 2.26. The number of hydrogen-bond donors (Lipinski definition) is 1. The summed E-state index contributed by atoms with van der Waals surface area (Å²) in [5.74, 6) is -0.661. The highest BCUT2D eigenvalue weighted by Gasteiger charge is 2.34. The fraction of sp³-hybridized carbons (Fsp3) is 0.394. The minimum Gasteiger partial charge on any atom is -0.352 e. The summed E-state index contributed by atoms with van der Waals surface area (Å²) in [6, 6.07) is 20.0. The van der Waals surface area contributed by atoms with Gasteiger partial charge in [-0.15, -0.1) is 0 Å². The van der Waals surface area contributed by atoms with E-state index in [0.29, 0.717) is 17.1 Å². The van der Waals surface area contributed by atoms with Crippen molar-refractivity contribution in [1.29, 1.82) is 0 Å². The van der Waals surface area contributed by atoms with Gasteiger partial charge in [-0.05, 0) is 75.1 Å². The molecule has 0 radical (unpaired) electrons. The lowest BCUT2D eigenvalue weighted by molar-refractivity contribution is -0.140. The number of rotatable bonds is 11. The highest BCUT2D eigenvalue weighted by atomic mass is 35.5. The monoisotopic (exact) mass is 609 g/mol. The Morgan fingerprint density at radius 2 is 1.45 bits per heavy atom. The van der Waals surface area contributed by atoms with Gasteiger partial charge in [-0.1, -0.05) is 85.3 Å². The summed E-state index contributed by atoms with van der Waals surface area (Å²) in [7, 11) is -4.14. The summed E-state index contributed by atoms with van der Waals surface area (Å²) in [6.07, 6.45) is 5.55. The number of aryl methyl sites for hydroxylation is 2. The molecule has 9 heteroatoms. The lowest BCUT2D eigenvalue weighted by Gasteiger charge is -2.34. The van der Waals surface area contributed by atoms with Crippen LogP contribution >= 0.6 is 11.6 Å². The predicted molar refractivity (Wildman–Crippen MR) is 168 cm³/mol. The van der Waals surface area contributed by atoms with Gasteiger partial charge in [0.2, 0.25) is 11.8 Å². The molecule has 3 aromatic rings. The largest absolute Gasteiger partial charge is 0.352 e. The van der Waals surface area contributed by atoms with Gasteiger partial charge in [-0.3, -0.25) is 13.9 Å². The maximum Gasteiger partial charge on any atom is 0.264 e. The molecule has 0 heterocycles. The number of carbonyl (C=O) groups is 2. The lowest BCUT2D eigenvalue weighted by Crippen LogP contribution is -2.54. The smallest absolute Gasteiger partial charge is 0.264 e. The van der Waals surface area contributed by atoms with E-state index in [-0.39, 0.29) is 23.4 Å². The lowest BCUT2D eigenvalue weighted by atomic mass is 9.95. The third-order valence-electron chi connectivity index (χ3n) is 7.81. The molecule has 0 saturated heterocycles. The van der Waals surface area contributed by atoms with Crippen LogP contribution in [0, 0.1) is 13.8 Å². The molecular weight excluding hydrogens is 570 g/mol. The van der Waals surface area contributed by atoms with E-state index in [1.165, 1.54) is 35.6 Å². The van der Waals surface area contributed by atoms with E-state index >= 15 is 0 Å². The zero-order valence-corrected chi connectivity index (χ0v) is 26.1. The van der Waals surface area contributed by atoms with Gasteiger partial charge in [0.25, 0.3) is 10.0 Å². The standard InChI is InChI=1S/C33H40ClN3O4S/c1-4-31(33(39)35-28-8-6-5-7-9-28)36(22-26-14-10-24(2)11-15-26)32(38)23-37(29-18-12-25(3)13-19-29)42(40,41)30-20-16-27(34)17-21-30/h10-21,28,31H,4-9,22-23H2,1-3H3,(H,35,39)/t31-/m1/s1. The molecule has 0 aromatic heterocycles. The number of nitrogens with one attached hydrogen (secondary N) is 1. The number of nitrogens with zero attached hydrogens (tertiary/aromatic N) is 2. The van der Waals surface area contributed by atoms with Crippen LogP contribution in [0.1, 0.15) is 62.1 Å². The number of halogens is 1. The number of benzene rings is 3. The molecule has 0 unspecified atom stereocenters. The van der Waals surface area contributed by atoms with Crippen LogP contribution in [0.2, 0.25) is 5.02 Å². The number of hydrogen-bond acceptors (Lipinski definition) is 4. The summed E-state index contributed by atoms with van der Waals surface area (Å²) in [6.45, 7) is 5.49. The molecule has 3 aromatic carbocycles. The molecule has 1 aliphatic rings. The molecule has 1 saturated carbocycles. The molecule has 42 heavy (non-hydrogen) atoms. The molecule has 224 valence electrons. The number of carbonyl (C=O) groups excluding carboxylic acids is 2. The quantitative estimate of drug-likeness (QED) is 0.272. The van der Waals surface area contributed by atoms with Crippen molar-refractivity contribution in [3.8, 4) is 0 Å². The van der Waals surface area contributed by atoms with Crippen LogP contribution in [0.5, 0.6) is 0 Å². The minimum atomic E-state index is -4.14. The zero-order chi connectivity index (χ0) is 30.3. The Morgan fingerprint density at radius 1 is 0.881 bits per heavy atom. The topological polar surface area (TPSA) is 86.8 Å². The average molecular weight is 610 g/mol. The van der Waals surface area contributed by atoms with E-state index in [1.807, 2.05) is 45.0 Å². The molecule has 4 rings (SSSR count). The number of sulfonamides is 1. The van der Waals surface area contributed by atoms with Gasteiger partial charge in [0, 0.05) is 17.6 Å². The van der Waals surface area contributed by atoms with Crippen molar-refractivity contribution < 1.29 is 18.0 Å². The summed E-state index contributed by atoms with van der Waals surface area (Å²) < 4.78 is 29.0. The summed E-state index contributed by atoms with van der Waals surface area (Å²) >= 11 is 6.03. The van der Waals surface area contributed by atoms with Gasteiger partial charge in [-0.25, -0.2) is 8.42 Å². The van der Waals surface area contributed by atoms with Crippen LogP contribution in [-0.4, -0.2) is 43.8 Å². The Labute approximate surface area is 254 Å². The van der Waals surface area contributed by atoms with Gasteiger partial charge < -0.3 is 10.2 Å². The first-order valence-electron chi connectivity index (χ1n) is 14.6. The van der Waals surface area contributed by atoms with Crippen LogP contribution in [0.25, 0.3) is 0 Å². The van der Waals surface area contributed by atoms with Gasteiger partial charge >= 0.3 is 0 Å². The maximum absolute atomic E-state index is 14.2. The predicted octanol–water partition coefficient (Wildman–Crippen LogP) is 6.41. The second-order valence-electron chi connectivity index (χ2n) is 11.1. The molecule has 1 atom stereocenters. The van der Waals surface area contributed by atoms with Gasteiger partial charge in [-0.2, -0.15) is 0 Å². The zero-order valence-electron chi connectivity index (χ0n) is 24.6. The molecule has 0 spiro atoms. The van der Waals surface area contributed by atoms with E-state index in [1.54, 1.807) is 24.3 Å². The van der Waals surface area contributed by atoms with Crippen LogP contribution in [0.3, 0.4) is 0 Å². The van der Waals surface area contributed by atoms with Gasteiger partial charge in [0.15, 0.2) is 0 Å². The maximum atomic E-state index is 14.2. The van der Waals surface area contributed by atoms with Crippen molar-refractivity contribution in [1.82, 2.24) is 10.2 Å². The third kappa shape index (κ3) is 7.92. The Balaban J connectivity index is 1.69. The average Bonchev–Trinajstić information content (AvgIpc) is 2.98. The SMILES string of the molecule is CC[C@H](C(=O)NC1CCCCC1)N(Cc1ccc(C)cc1)C(=O)CN(c1ccc(C)cc1)S(=O)(=O)c1ccc(Cl)cc1. The van der Waals surface area contributed by atoms with Crippen molar-refractivity contribution in [3.63, 3.8) is 0 Å². The van der Waals surface area contributed by atoms with E-state index in [4.69, 9.17) is 11.6 Å². The first kappa shape index (κ1) is 31.6. The molecule has 0 aliphatic heterocycles.